The van der Waals surface area contributed by atoms with Crippen LogP contribution >= 0.6 is 0 Å². The van der Waals surface area contributed by atoms with Gasteiger partial charge in [0.05, 0.1) is 6.20 Å². The molecule has 6 nitrogen and oxygen atoms in total. The van der Waals surface area contributed by atoms with Crippen molar-refractivity contribution in [2.45, 2.75) is 33.1 Å². The van der Waals surface area contributed by atoms with E-state index in [0.29, 0.717) is 30.1 Å². The number of ketones is 1. The average molecular weight is 297 g/mol. The molecule has 3 rings (SSSR count). The summed E-state index contributed by atoms with van der Waals surface area (Å²) in [6, 6.07) is 0. The smallest absolute Gasteiger partial charge is 0.182 e. The first-order chi connectivity index (χ1) is 10.7. The van der Waals surface area contributed by atoms with Crippen LogP contribution in [0.3, 0.4) is 0 Å². The van der Waals surface area contributed by atoms with Crippen molar-refractivity contribution in [3.8, 4) is 11.5 Å². The first-order valence-electron chi connectivity index (χ1n) is 7.59. The Morgan fingerprint density at radius 3 is 2.59 bits per heavy atom. The van der Waals surface area contributed by atoms with Crippen LogP contribution in [0.5, 0.6) is 0 Å². The zero-order valence-corrected chi connectivity index (χ0v) is 12.9. The van der Waals surface area contributed by atoms with Gasteiger partial charge in [-0.3, -0.25) is 9.78 Å². The number of piperidine rings is 1. The number of carbonyl (C=O) groups is 1. The minimum atomic E-state index is 0.328. The highest BCUT2D eigenvalue weighted by molar-refractivity contribution is 5.81. The number of Topliss-reactive ketones (excluding diaryl/α,β-unsaturated/α-hetero) is 1. The average Bonchev–Trinajstić information content (AvgIpc) is 2.55. The van der Waals surface area contributed by atoms with Crippen molar-refractivity contribution in [2.24, 2.45) is 0 Å². The van der Waals surface area contributed by atoms with Gasteiger partial charge in [0.25, 0.3) is 0 Å². The standard InChI is InChI=1S/C16H19N5O/c1-3-13-11(2)19-15(14-10-17-6-7-18-14)20-16(13)21-8-4-12(22)5-9-21/h6-7,10H,3-5,8-9H2,1-2H3. The molecule has 0 aromatic carbocycles. The van der Waals surface area contributed by atoms with E-state index in [1.54, 1.807) is 18.6 Å². The van der Waals surface area contributed by atoms with E-state index in [9.17, 15) is 4.79 Å². The van der Waals surface area contributed by atoms with Crippen molar-refractivity contribution in [1.29, 1.82) is 0 Å². The third kappa shape index (κ3) is 2.81. The lowest BCUT2D eigenvalue weighted by molar-refractivity contribution is -0.119. The molecular formula is C16H19N5O. The van der Waals surface area contributed by atoms with Crippen LogP contribution in [0.4, 0.5) is 5.82 Å². The van der Waals surface area contributed by atoms with Gasteiger partial charge in [0.2, 0.25) is 0 Å². The Labute approximate surface area is 129 Å². The summed E-state index contributed by atoms with van der Waals surface area (Å²) in [6.45, 7) is 5.55. The summed E-state index contributed by atoms with van der Waals surface area (Å²) in [6.07, 6.45) is 6.99. The van der Waals surface area contributed by atoms with E-state index in [0.717, 1.165) is 36.6 Å². The monoisotopic (exact) mass is 297 g/mol. The number of aryl methyl sites for hydroxylation is 1. The van der Waals surface area contributed by atoms with E-state index >= 15 is 0 Å². The molecule has 0 aliphatic carbocycles. The van der Waals surface area contributed by atoms with Crippen molar-refractivity contribution in [1.82, 2.24) is 19.9 Å². The number of carbonyl (C=O) groups excluding carboxylic acids is 1. The molecule has 0 atom stereocenters. The highest BCUT2D eigenvalue weighted by Crippen LogP contribution is 2.26. The molecule has 0 amide bonds. The van der Waals surface area contributed by atoms with Crippen LogP contribution in [0.25, 0.3) is 11.5 Å². The summed E-state index contributed by atoms with van der Waals surface area (Å²) < 4.78 is 0. The molecule has 0 N–H and O–H groups in total. The molecule has 3 heterocycles. The predicted octanol–water partition coefficient (Wildman–Crippen LogP) is 1.97. The molecule has 2 aromatic heterocycles. The molecule has 1 aliphatic rings. The Balaban J connectivity index is 2.03. The first kappa shape index (κ1) is 14.6. The van der Waals surface area contributed by atoms with Crippen LogP contribution in [0.1, 0.15) is 31.0 Å². The number of aromatic nitrogens is 4. The largest absolute Gasteiger partial charge is 0.355 e. The van der Waals surface area contributed by atoms with Gasteiger partial charge in [-0.15, -0.1) is 0 Å². The first-order valence-corrected chi connectivity index (χ1v) is 7.59. The highest BCUT2D eigenvalue weighted by atomic mass is 16.1. The van der Waals surface area contributed by atoms with Gasteiger partial charge in [0.15, 0.2) is 5.82 Å². The Kier molecular flexibility index (Phi) is 4.09. The Morgan fingerprint density at radius 2 is 1.95 bits per heavy atom. The van der Waals surface area contributed by atoms with Gasteiger partial charge in [-0.2, -0.15) is 0 Å². The molecule has 6 heteroatoms. The van der Waals surface area contributed by atoms with E-state index in [1.165, 1.54) is 0 Å². The zero-order chi connectivity index (χ0) is 15.5. The number of anilines is 1. The third-order valence-electron chi connectivity index (χ3n) is 3.96. The molecule has 1 aliphatic heterocycles. The number of hydrogen-bond donors (Lipinski definition) is 0. The van der Waals surface area contributed by atoms with Crippen LogP contribution in [-0.2, 0) is 11.2 Å². The van der Waals surface area contributed by atoms with Crippen molar-refractivity contribution < 1.29 is 4.79 Å². The highest BCUT2D eigenvalue weighted by Gasteiger charge is 2.22. The molecule has 0 unspecified atom stereocenters. The molecule has 0 bridgehead atoms. The topological polar surface area (TPSA) is 71.9 Å². The van der Waals surface area contributed by atoms with E-state index in [-0.39, 0.29) is 0 Å². The van der Waals surface area contributed by atoms with Gasteiger partial charge in [-0.25, -0.2) is 15.0 Å². The second-order valence-electron chi connectivity index (χ2n) is 5.40. The fourth-order valence-electron chi connectivity index (χ4n) is 2.75. The van der Waals surface area contributed by atoms with Gasteiger partial charge in [0.1, 0.15) is 17.3 Å². The van der Waals surface area contributed by atoms with Crippen molar-refractivity contribution in [2.75, 3.05) is 18.0 Å². The second-order valence-corrected chi connectivity index (χ2v) is 5.40. The van der Waals surface area contributed by atoms with Gasteiger partial charge in [-0.05, 0) is 13.3 Å². The van der Waals surface area contributed by atoms with Crippen LogP contribution in [0.15, 0.2) is 18.6 Å². The Hall–Kier alpha value is -2.37. The lowest BCUT2D eigenvalue weighted by Gasteiger charge is -2.29. The molecule has 22 heavy (non-hydrogen) atoms. The van der Waals surface area contributed by atoms with Crippen LogP contribution in [0.2, 0.25) is 0 Å². The maximum atomic E-state index is 11.5. The quantitative estimate of drug-likeness (QED) is 0.862. The summed E-state index contributed by atoms with van der Waals surface area (Å²) in [5, 5.41) is 0. The fraction of sp³-hybridized carbons (Fsp3) is 0.438. The zero-order valence-electron chi connectivity index (χ0n) is 12.9. The second kappa shape index (κ2) is 6.17. The summed E-state index contributed by atoms with van der Waals surface area (Å²) in [7, 11) is 0. The lowest BCUT2D eigenvalue weighted by Crippen LogP contribution is -2.35. The lowest BCUT2D eigenvalue weighted by atomic mass is 10.1. The summed E-state index contributed by atoms with van der Waals surface area (Å²) >= 11 is 0. The molecular weight excluding hydrogens is 278 g/mol. The summed E-state index contributed by atoms with van der Waals surface area (Å²) in [5.41, 5.74) is 2.77. The molecule has 0 spiro atoms. The fourth-order valence-corrected chi connectivity index (χ4v) is 2.75. The van der Waals surface area contributed by atoms with E-state index in [1.807, 2.05) is 6.92 Å². The number of rotatable bonds is 3. The molecule has 0 saturated carbocycles. The molecule has 1 saturated heterocycles. The molecule has 2 aromatic rings. The number of hydrogen-bond acceptors (Lipinski definition) is 6. The van der Waals surface area contributed by atoms with E-state index in [4.69, 9.17) is 4.98 Å². The minimum Gasteiger partial charge on any atom is -0.355 e. The van der Waals surface area contributed by atoms with E-state index in [2.05, 4.69) is 26.8 Å². The predicted molar refractivity (Wildman–Crippen MR) is 83.6 cm³/mol. The normalized spacial score (nSPS) is 15.2. The maximum Gasteiger partial charge on any atom is 0.182 e. The molecule has 1 fully saturated rings. The van der Waals surface area contributed by atoms with Gasteiger partial charge < -0.3 is 4.90 Å². The van der Waals surface area contributed by atoms with Gasteiger partial charge in [0, 0.05) is 49.6 Å². The van der Waals surface area contributed by atoms with Crippen LogP contribution in [0, 0.1) is 6.92 Å². The van der Waals surface area contributed by atoms with E-state index < -0.39 is 0 Å². The maximum absolute atomic E-state index is 11.5. The SMILES string of the molecule is CCc1c(C)nc(-c2cnccn2)nc1N1CCC(=O)CC1. The molecule has 0 radical (unpaired) electrons. The van der Waals surface area contributed by atoms with Crippen LogP contribution < -0.4 is 4.90 Å². The summed E-state index contributed by atoms with van der Waals surface area (Å²) in [4.78, 5) is 31.3. The minimum absolute atomic E-state index is 0.328. The Bertz CT molecular complexity index is 676. The Morgan fingerprint density at radius 1 is 1.18 bits per heavy atom. The molecule has 114 valence electrons. The van der Waals surface area contributed by atoms with Gasteiger partial charge >= 0.3 is 0 Å². The van der Waals surface area contributed by atoms with Crippen molar-refractivity contribution in [3.63, 3.8) is 0 Å². The van der Waals surface area contributed by atoms with Crippen molar-refractivity contribution >= 4 is 11.6 Å². The van der Waals surface area contributed by atoms with Gasteiger partial charge in [-0.1, -0.05) is 6.92 Å². The third-order valence-corrected chi connectivity index (χ3v) is 3.96. The van der Waals surface area contributed by atoms with Crippen LogP contribution in [-0.4, -0.2) is 38.8 Å². The number of nitrogens with zero attached hydrogens (tertiary/aromatic N) is 5. The summed E-state index contributed by atoms with van der Waals surface area (Å²) in [5.74, 6) is 1.85. The van der Waals surface area contributed by atoms with Crippen molar-refractivity contribution in [3.05, 3.63) is 29.8 Å².